The quantitative estimate of drug-likeness (QED) is 0.567. The Balaban J connectivity index is 1.73. The Kier molecular flexibility index (Phi) is 8.27. The average molecular weight is 463 g/mol. The van der Waals surface area contributed by atoms with Crippen LogP contribution in [0.5, 0.6) is 5.75 Å². The van der Waals surface area contributed by atoms with E-state index < -0.39 is 45.7 Å². The van der Waals surface area contributed by atoms with E-state index in [2.05, 4.69) is 16.6 Å². The van der Waals surface area contributed by atoms with Crippen molar-refractivity contribution in [1.82, 2.24) is 10.0 Å². The van der Waals surface area contributed by atoms with Gasteiger partial charge in [-0.15, -0.1) is 0 Å². The molecule has 6 nitrogen and oxygen atoms in total. The zero-order chi connectivity index (χ0) is 22.3. The highest BCUT2D eigenvalue weighted by molar-refractivity contribution is 7.88. The van der Waals surface area contributed by atoms with Crippen molar-refractivity contribution in [2.24, 2.45) is 0 Å². The minimum absolute atomic E-state index is 0.0750. The van der Waals surface area contributed by atoms with Gasteiger partial charge >= 0.3 is 0 Å². The van der Waals surface area contributed by atoms with E-state index in [0.717, 1.165) is 18.2 Å². The molecule has 0 bridgehead atoms. The van der Waals surface area contributed by atoms with Gasteiger partial charge in [0.05, 0.1) is 10.8 Å². The zero-order valence-corrected chi connectivity index (χ0v) is 17.1. The Hall–Kier alpha value is -2.56. The first-order chi connectivity index (χ1) is 14.1. The summed E-state index contributed by atoms with van der Waals surface area (Å²) < 4.78 is 70.8. The van der Waals surface area contributed by atoms with E-state index in [1.807, 2.05) is 0 Å². The van der Waals surface area contributed by atoms with Gasteiger partial charge in [0.1, 0.15) is 11.6 Å². The van der Waals surface area contributed by atoms with Gasteiger partial charge in [0.25, 0.3) is 5.91 Å². The third kappa shape index (κ3) is 7.69. The Morgan fingerprint density at radius 2 is 1.80 bits per heavy atom. The first-order valence-electron chi connectivity index (χ1n) is 8.52. The summed E-state index contributed by atoms with van der Waals surface area (Å²) in [5, 5.41) is 2.34. The van der Waals surface area contributed by atoms with Gasteiger partial charge in [0.15, 0.2) is 18.2 Å². The van der Waals surface area contributed by atoms with Crippen LogP contribution in [0.15, 0.2) is 48.7 Å². The Bertz CT molecular complexity index is 1050. The monoisotopic (exact) mass is 462 g/mol. The summed E-state index contributed by atoms with van der Waals surface area (Å²) in [5.41, 5.74) is 0.311. The smallest absolute Gasteiger partial charge is 0.262 e. The number of ether oxygens (including phenoxy) is 1. The number of hydrogen-bond acceptors (Lipinski definition) is 4. The van der Waals surface area contributed by atoms with Crippen LogP contribution in [0.4, 0.5) is 13.2 Å². The van der Waals surface area contributed by atoms with E-state index in [4.69, 9.17) is 16.3 Å². The van der Waals surface area contributed by atoms with Crippen LogP contribution in [0.1, 0.15) is 12.0 Å². The van der Waals surface area contributed by atoms with Crippen molar-refractivity contribution in [3.8, 4) is 5.75 Å². The van der Waals surface area contributed by atoms with Crippen LogP contribution in [0, 0.1) is 17.5 Å². The maximum Gasteiger partial charge on any atom is 0.262 e. The fraction of sp³-hybridized carbons (Fsp3) is 0.211. The number of halogens is 4. The summed E-state index contributed by atoms with van der Waals surface area (Å²) in [6, 6.07) is 6.54. The van der Waals surface area contributed by atoms with Crippen molar-refractivity contribution in [3.05, 3.63) is 76.7 Å². The highest BCUT2D eigenvalue weighted by Crippen LogP contribution is 2.20. The van der Waals surface area contributed by atoms with Crippen molar-refractivity contribution < 1.29 is 31.1 Å². The van der Waals surface area contributed by atoms with Crippen molar-refractivity contribution >= 4 is 27.5 Å². The molecule has 2 N–H and O–H groups in total. The lowest BCUT2D eigenvalue weighted by molar-refractivity contribution is -0.122. The molecule has 0 aliphatic heterocycles. The molecule has 2 aromatic rings. The van der Waals surface area contributed by atoms with Gasteiger partial charge in [-0.3, -0.25) is 4.79 Å². The number of benzene rings is 2. The molecule has 0 atom stereocenters. The lowest BCUT2D eigenvalue weighted by atomic mass is 10.2. The number of amides is 1. The van der Waals surface area contributed by atoms with E-state index in [-0.39, 0.29) is 35.0 Å². The molecule has 0 saturated carbocycles. The number of rotatable bonds is 10. The molecule has 0 aliphatic carbocycles. The predicted octanol–water partition coefficient (Wildman–Crippen LogP) is 3.28. The molecule has 162 valence electrons. The number of nitrogens with one attached hydrogen (secondary N) is 2. The molecule has 2 aromatic carbocycles. The first kappa shape index (κ1) is 23.7. The molecule has 0 heterocycles. The molecule has 0 aromatic heterocycles. The van der Waals surface area contributed by atoms with Crippen LogP contribution >= 0.6 is 11.6 Å². The summed E-state index contributed by atoms with van der Waals surface area (Å²) >= 11 is 5.55. The average Bonchev–Trinajstić information content (AvgIpc) is 2.65. The van der Waals surface area contributed by atoms with Crippen LogP contribution in [-0.4, -0.2) is 27.5 Å². The molecular formula is C19H18ClF3N2O4S. The van der Waals surface area contributed by atoms with Crippen LogP contribution in [0.3, 0.4) is 0 Å². The molecule has 0 saturated heterocycles. The summed E-state index contributed by atoms with van der Waals surface area (Å²) in [7, 11) is -3.81. The summed E-state index contributed by atoms with van der Waals surface area (Å²) in [4.78, 5) is 11.8. The minimum Gasteiger partial charge on any atom is -0.484 e. The molecule has 1 amide bonds. The SMILES string of the molecule is C=C(CCNS(=O)(=O)Cc1ccc(F)c(F)c1)NC(=O)COc1ccc(Cl)c(F)c1. The van der Waals surface area contributed by atoms with Crippen LogP contribution in [0.25, 0.3) is 0 Å². The molecule has 30 heavy (non-hydrogen) atoms. The van der Waals surface area contributed by atoms with Gasteiger partial charge < -0.3 is 10.1 Å². The topological polar surface area (TPSA) is 84.5 Å². The third-order valence-electron chi connectivity index (χ3n) is 3.67. The Morgan fingerprint density at radius 3 is 2.47 bits per heavy atom. The molecule has 2 rings (SSSR count). The second kappa shape index (κ2) is 10.5. The van der Waals surface area contributed by atoms with Gasteiger partial charge in [-0.25, -0.2) is 26.3 Å². The van der Waals surface area contributed by atoms with Crippen LogP contribution in [-0.2, 0) is 20.6 Å². The Labute approximate surface area is 176 Å². The third-order valence-corrected chi connectivity index (χ3v) is 5.33. The van der Waals surface area contributed by atoms with Gasteiger partial charge in [0, 0.05) is 24.7 Å². The minimum atomic E-state index is -3.81. The second-order valence-electron chi connectivity index (χ2n) is 6.17. The second-order valence-corrected chi connectivity index (χ2v) is 8.38. The van der Waals surface area contributed by atoms with E-state index in [9.17, 15) is 26.4 Å². The summed E-state index contributed by atoms with van der Waals surface area (Å²) in [6.45, 7) is 3.12. The van der Waals surface area contributed by atoms with Crippen molar-refractivity contribution in [2.45, 2.75) is 12.2 Å². The van der Waals surface area contributed by atoms with Crippen molar-refractivity contribution in [3.63, 3.8) is 0 Å². The maximum atomic E-state index is 13.3. The highest BCUT2D eigenvalue weighted by Gasteiger charge is 2.14. The highest BCUT2D eigenvalue weighted by atomic mass is 35.5. The standard InChI is InChI=1S/C19H18ClF3N2O4S/c1-12(25-19(26)10-29-14-3-4-15(20)17(22)9-14)6-7-24-30(27,28)11-13-2-5-16(21)18(23)8-13/h2-5,8-9,24H,1,6-7,10-11H2,(H,25,26). The number of carbonyl (C=O) groups is 1. The van der Waals surface area contributed by atoms with Gasteiger partial charge in [-0.05, 0) is 29.8 Å². The lowest BCUT2D eigenvalue weighted by Gasteiger charge is -2.11. The molecule has 0 fully saturated rings. The van der Waals surface area contributed by atoms with Gasteiger partial charge in [-0.2, -0.15) is 0 Å². The fourth-order valence-corrected chi connectivity index (χ4v) is 3.52. The Morgan fingerprint density at radius 1 is 1.07 bits per heavy atom. The summed E-state index contributed by atoms with van der Waals surface area (Å²) in [5.74, 6) is -3.88. The maximum absolute atomic E-state index is 13.3. The molecule has 0 unspecified atom stereocenters. The van der Waals surface area contributed by atoms with Crippen LogP contribution < -0.4 is 14.8 Å². The van der Waals surface area contributed by atoms with E-state index >= 15 is 0 Å². The first-order valence-corrected chi connectivity index (χ1v) is 10.6. The van der Waals surface area contributed by atoms with Crippen LogP contribution in [0.2, 0.25) is 5.02 Å². The zero-order valence-electron chi connectivity index (χ0n) is 15.6. The van der Waals surface area contributed by atoms with Gasteiger partial charge in [0.2, 0.25) is 10.0 Å². The number of carbonyl (C=O) groups excluding carboxylic acids is 1. The van der Waals surface area contributed by atoms with Crippen molar-refractivity contribution in [2.75, 3.05) is 13.2 Å². The molecule has 0 spiro atoms. The van der Waals surface area contributed by atoms with Gasteiger partial charge in [-0.1, -0.05) is 24.2 Å². The normalized spacial score (nSPS) is 11.2. The fourth-order valence-electron chi connectivity index (χ4n) is 2.27. The predicted molar refractivity (Wildman–Crippen MR) is 106 cm³/mol. The van der Waals surface area contributed by atoms with Crippen molar-refractivity contribution in [1.29, 1.82) is 0 Å². The number of hydrogen-bond donors (Lipinski definition) is 2. The molecule has 0 aliphatic rings. The molecule has 11 heteroatoms. The molecule has 0 radical (unpaired) electrons. The van der Waals surface area contributed by atoms with E-state index in [1.54, 1.807) is 0 Å². The summed E-state index contributed by atoms with van der Waals surface area (Å²) in [6.07, 6.45) is 0.0817. The van der Waals surface area contributed by atoms with E-state index in [1.165, 1.54) is 18.2 Å². The molecular weight excluding hydrogens is 445 g/mol. The number of sulfonamides is 1. The largest absolute Gasteiger partial charge is 0.484 e. The van der Waals surface area contributed by atoms with E-state index in [0.29, 0.717) is 0 Å². The lowest BCUT2D eigenvalue weighted by Crippen LogP contribution is -2.31.